The Bertz CT molecular complexity index is 640. The molecule has 0 radical (unpaired) electrons. The van der Waals surface area contributed by atoms with Crippen LogP contribution in [0.2, 0.25) is 0 Å². The zero-order chi connectivity index (χ0) is 14.2. The highest BCUT2D eigenvalue weighted by Crippen LogP contribution is 2.38. The SMILES string of the molecule is O=C(c1cccc(-n2cncn2)c1)N1C[C@H]2CCC[C@H]2C1. The molecule has 2 fully saturated rings. The van der Waals surface area contributed by atoms with Crippen LogP contribution in [0.1, 0.15) is 29.6 Å². The van der Waals surface area contributed by atoms with Gasteiger partial charge in [-0.1, -0.05) is 12.5 Å². The first-order chi connectivity index (χ1) is 10.3. The summed E-state index contributed by atoms with van der Waals surface area (Å²) in [7, 11) is 0. The van der Waals surface area contributed by atoms with Gasteiger partial charge >= 0.3 is 0 Å². The van der Waals surface area contributed by atoms with E-state index in [1.165, 1.54) is 25.6 Å². The van der Waals surface area contributed by atoms with Gasteiger partial charge in [-0.2, -0.15) is 5.10 Å². The van der Waals surface area contributed by atoms with Crippen molar-refractivity contribution in [1.82, 2.24) is 19.7 Å². The van der Waals surface area contributed by atoms with E-state index in [-0.39, 0.29) is 5.91 Å². The van der Waals surface area contributed by atoms with Crippen molar-refractivity contribution in [2.24, 2.45) is 11.8 Å². The van der Waals surface area contributed by atoms with Gasteiger partial charge in [-0.3, -0.25) is 4.79 Å². The maximum absolute atomic E-state index is 12.7. The molecule has 5 heteroatoms. The van der Waals surface area contributed by atoms with E-state index in [1.54, 1.807) is 11.0 Å². The van der Waals surface area contributed by atoms with Crippen LogP contribution in [-0.2, 0) is 0 Å². The topological polar surface area (TPSA) is 51.0 Å². The first-order valence-corrected chi connectivity index (χ1v) is 7.55. The average Bonchev–Trinajstić information content (AvgIpc) is 3.22. The normalized spacial score (nSPS) is 24.3. The second kappa shape index (κ2) is 4.98. The van der Waals surface area contributed by atoms with Gasteiger partial charge in [0.25, 0.3) is 5.91 Å². The Kier molecular flexibility index (Phi) is 2.98. The first-order valence-electron chi connectivity index (χ1n) is 7.55. The summed E-state index contributed by atoms with van der Waals surface area (Å²) in [6, 6.07) is 7.62. The molecule has 1 aliphatic heterocycles. The molecular formula is C16H18N4O. The van der Waals surface area contributed by atoms with E-state index < -0.39 is 0 Å². The molecule has 1 saturated carbocycles. The van der Waals surface area contributed by atoms with E-state index >= 15 is 0 Å². The third kappa shape index (κ3) is 2.22. The fourth-order valence-corrected chi connectivity index (χ4v) is 3.71. The Morgan fingerprint density at radius 1 is 1.19 bits per heavy atom. The van der Waals surface area contributed by atoms with Gasteiger partial charge in [0.2, 0.25) is 0 Å². The molecule has 5 nitrogen and oxygen atoms in total. The molecule has 21 heavy (non-hydrogen) atoms. The van der Waals surface area contributed by atoms with Gasteiger partial charge in [-0.05, 0) is 42.9 Å². The molecule has 4 rings (SSSR count). The van der Waals surface area contributed by atoms with Crippen LogP contribution in [0.25, 0.3) is 5.69 Å². The van der Waals surface area contributed by atoms with Crippen LogP contribution < -0.4 is 0 Å². The molecule has 2 heterocycles. The third-order valence-corrected chi connectivity index (χ3v) is 4.79. The van der Waals surface area contributed by atoms with Gasteiger partial charge in [0, 0.05) is 18.7 Å². The van der Waals surface area contributed by atoms with E-state index in [1.807, 2.05) is 29.2 Å². The molecule has 2 atom stereocenters. The van der Waals surface area contributed by atoms with Crippen LogP contribution in [0.15, 0.2) is 36.9 Å². The van der Waals surface area contributed by atoms with E-state index in [4.69, 9.17) is 0 Å². The van der Waals surface area contributed by atoms with Crippen molar-refractivity contribution in [3.63, 3.8) is 0 Å². The van der Waals surface area contributed by atoms with Crippen molar-refractivity contribution in [3.8, 4) is 5.69 Å². The Morgan fingerprint density at radius 3 is 2.71 bits per heavy atom. The molecule has 1 aromatic carbocycles. The fraction of sp³-hybridized carbons (Fsp3) is 0.438. The molecule has 2 aliphatic rings. The number of amides is 1. The second-order valence-corrected chi connectivity index (χ2v) is 6.05. The van der Waals surface area contributed by atoms with E-state index in [0.717, 1.165) is 36.2 Å². The minimum absolute atomic E-state index is 0.145. The van der Waals surface area contributed by atoms with Gasteiger partial charge in [-0.25, -0.2) is 9.67 Å². The van der Waals surface area contributed by atoms with Crippen LogP contribution in [0.3, 0.4) is 0 Å². The lowest BCUT2D eigenvalue weighted by molar-refractivity contribution is 0.0780. The van der Waals surface area contributed by atoms with Crippen LogP contribution in [-0.4, -0.2) is 38.7 Å². The predicted octanol–water partition coefficient (Wildman–Crippen LogP) is 2.14. The number of hydrogen-bond acceptors (Lipinski definition) is 3. The van der Waals surface area contributed by atoms with Gasteiger partial charge in [0.15, 0.2) is 0 Å². The third-order valence-electron chi connectivity index (χ3n) is 4.79. The summed E-state index contributed by atoms with van der Waals surface area (Å²) in [6.45, 7) is 1.86. The molecular weight excluding hydrogens is 264 g/mol. The molecule has 1 saturated heterocycles. The standard InChI is InChI=1S/C16H18N4O/c21-16(19-8-13-4-1-5-14(13)9-19)12-3-2-6-15(7-12)20-11-17-10-18-20/h2-3,6-7,10-11,13-14H,1,4-5,8-9H2/t13-,14+. The number of carbonyl (C=O) groups excluding carboxylic acids is 1. The number of benzene rings is 1. The van der Waals surface area contributed by atoms with E-state index in [9.17, 15) is 4.79 Å². The highest BCUT2D eigenvalue weighted by Gasteiger charge is 2.38. The van der Waals surface area contributed by atoms with Crippen molar-refractivity contribution in [2.75, 3.05) is 13.1 Å². The zero-order valence-electron chi connectivity index (χ0n) is 11.9. The Labute approximate surface area is 123 Å². The maximum atomic E-state index is 12.7. The zero-order valence-corrected chi connectivity index (χ0v) is 11.9. The Hall–Kier alpha value is -2.17. The minimum Gasteiger partial charge on any atom is -0.338 e. The molecule has 0 bridgehead atoms. The first kappa shape index (κ1) is 12.6. The van der Waals surface area contributed by atoms with Gasteiger partial charge in [0.1, 0.15) is 12.7 Å². The quantitative estimate of drug-likeness (QED) is 0.848. The molecule has 0 N–H and O–H groups in total. The number of rotatable bonds is 2. The number of hydrogen-bond donors (Lipinski definition) is 0. The van der Waals surface area contributed by atoms with Crippen LogP contribution in [0.4, 0.5) is 0 Å². The van der Waals surface area contributed by atoms with Crippen molar-refractivity contribution < 1.29 is 4.79 Å². The van der Waals surface area contributed by atoms with Crippen molar-refractivity contribution in [1.29, 1.82) is 0 Å². The lowest BCUT2D eigenvalue weighted by atomic mass is 10.0. The summed E-state index contributed by atoms with van der Waals surface area (Å²) in [6.07, 6.45) is 7.04. The van der Waals surface area contributed by atoms with Gasteiger partial charge in [0.05, 0.1) is 5.69 Å². The largest absolute Gasteiger partial charge is 0.338 e. The van der Waals surface area contributed by atoms with Gasteiger partial charge in [-0.15, -0.1) is 0 Å². The van der Waals surface area contributed by atoms with Crippen LogP contribution in [0.5, 0.6) is 0 Å². The summed E-state index contributed by atoms with van der Waals surface area (Å²) in [5.74, 6) is 1.60. The molecule has 1 aromatic heterocycles. The van der Waals surface area contributed by atoms with E-state index in [2.05, 4.69) is 10.1 Å². The van der Waals surface area contributed by atoms with Crippen molar-refractivity contribution >= 4 is 5.91 Å². The summed E-state index contributed by atoms with van der Waals surface area (Å²) in [4.78, 5) is 18.6. The summed E-state index contributed by atoms with van der Waals surface area (Å²) in [5, 5.41) is 4.11. The molecule has 108 valence electrons. The fourth-order valence-electron chi connectivity index (χ4n) is 3.71. The van der Waals surface area contributed by atoms with Crippen molar-refractivity contribution in [3.05, 3.63) is 42.5 Å². The highest BCUT2D eigenvalue weighted by molar-refractivity contribution is 5.95. The number of nitrogens with zero attached hydrogens (tertiary/aromatic N) is 4. The summed E-state index contributed by atoms with van der Waals surface area (Å²) in [5.41, 5.74) is 1.61. The molecule has 0 unspecified atom stereocenters. The number of carbonyl (C=O) groups is 1. The van der Waals surface area contributed by atoms with E-state index in [0.29, 0.717) is 0 Å². The predicted molar refractivity (Wildman–Crippen MR) is 78.1 cm³/mol. The Balaban J connectivity index is 1.56. The summed E-state index contributed by atoms with van der Waals surface area (Å²) >= 11 is 0. The molecule has 1 amide bonds. The van der Waals surface area contributed by atoms with Crippen LogP contribution >= 0.6 is 0 Å². The van der Waals surface area contributed by atoms with Crippen LogP contribution in [0, 0.1) is 11.8 Å². The number of likely N-dealkylation sites (tertiary alicyclic amines) is 1. The smallest absolute Gasteiger partial charge is 0.253 e. The average molecular weight is 282 g/mol. The number of fused-ring (bicyclic) bond motifs is 1. The maximum Gasteiger partial charge on any atom is 0.253 e. The monoisotopic (exact) mass is 282 g/mol. The van der Waals surface area contributed by atoms with Gasteiger partial charge < -0.3 is 4.90 Å². The minimum atomic E-state index is 0.145. The molecule has 0 spiro atoms. The molecule has 1 aliphatic carbocycles. The summed E-state index contributed by atoms with van der Waals surface area (Å²) < 4.78 is 1.68. The second-order valence-electron chi connectivity index (χ2n) is 6.05. The van der Waals surface area contributed by atoms with Crippen molar-refractivity contribution in [2.45, 2.75) is 19.3 Å². The lowest BCUT2D eigenvalue weighted by Crippen LogP contribution is -2.29. The number of aromatic nitrogens is 3. The highest BCUT2D eigenvalue weighted by atomic mass is 16.2. The Morgan fingerprint density at radius 2 is 2.00 bits per heavy atom. The lowest BCUT2D eigenvalue weighted by Gasteiger charge is -2.17. The molecule has 2 aromatic rings.